The van der Waals surface area contributed by atoms with Crippen LogP contribution in [0.15, 0.2) is 65.1 Å². The van der Waals surface area contributed by atoms with E-state index in [1.165, 1.54) is 42.5 Å². The molecule has 1 N–H and O–H groups in total. The highest BCUT2D eigenvalue weighted by Crippen LogP contribution is 2.37. The Balaban J connectivity index is 1.75. The zero-order valence-corrected chi connectivity index (χ0v) is 15.3. The number of carbonyl (C=O) groups excluding carboxylic acids is 1. The second-order valence-corrected chi connectivity index (χ2v) is 6.39. The minimum absolute atomic E-state index is 0.0469. The molecule has 0 atom stereocenters. The molecular formula is C22H18F3NO2. The van der Waals surface area contributed by atoms with Crippen LogP contribution < -0.4 is 5.32 Å². The molecule has 1 heterocycles. The summed E-state index contributed by atoms with van der Waals surface area (Å²) in [5.74, 6) is 0.00529. The van der Waals surface area contributed by atoms with Crippen LogP contribution in [0.2, 0.25) is 0 Å². The number of aryl methyl sites for hydroxylation is 2. The minimum Gasteiger partial charge on any atom is -0.457 e. The summed E-state index contributed by atoms with van der Waals surface area (Å²) in [7, 11) is 0. The average Bonchev–Trinajstić information content (AvgIpc) is 3.11. The molecule has 0 aliphatic carbocycles. The molecule has 3 aromatic rings. The highest BCUT2D eigenvalue weighted by molar-refractivity contribution is 6.02. The van der Waals surface area contributed by atoms with E-state index in [-0.39, 0.29) is 23.0 Å². The third-order valence-corrected chi connectivity index (χ3v) is 4.16. The van der Waals surface area contributed by atoms with Crippen molar-refractivity contribution in [3.63, 3.8) is 0 Å². The first-order chi connectivity index (χ1) is 13.2. The number of alkyl halides is 3. The molecule has 0 aliphatic heterocycles. The van der Waals surface area contributed by atoms with Crippen molar-refractivity contribution in [1.82, 2.24) is 0 Å². The zero-order chi connectivity index (χ0) is 20.3. The number of anilines is 1. The number of hydrogen-bond donors (Lipinski definition) is 1. The predicted molar refractivity (Wildman–Crippen MR) is 103 cm³/mol. The summed E-state index contributed by atoms with van der Waals surface area (Å²) in [5, 5.41) is 2.76. The normalized spacial score (nSPS) is 11.8. The summed E-state index contributed by atoms with van der Waals surface area (Å²) in [6.07, 6.45) is -1.79. The molecule has 0 spiro atoms. The topological polar surface area (TPSA) is 42.2 Å². The number of hydrogen-bond acceptors (Lipinski definition) is 2. The molecule has 0 fully saturated rings. The van der Waals surface area contributed by atoms with Crippen LogP contribution in [0.4, 0.5) is 18.9 Å². The van der Waals surface area contributed by atoms with Gasteiger partial charge < -0.3 is 9.73 Å². The van der Waals surface area contributed by atoms with E-state index in [4.69, 9.17) is 4.42 Å². The van der Waals surface area contributed by atoms with Crippen LogP contribution in [-0.2, 0) is 11.0 Å². The van der Waals surface area contributed by atoms with Gasteiger partial charge in [0.1, 0.15) is 11.5 Å². The molecule has 28 heavy (non-hydrogen) atoms. The fourth-order valence-corrected chi connectivity index (χ4v) is 2.82. The van der Waals surface area contributed by atoms with Gasteiger partial charge in [-0.15, -0.1) is 0 Å². The molecule has 0 aliphatic rings. The molecule has 0 bridgehead atoms. The average molecular weight is 385 g/mol. The third-order valence-electron chi connectivity index (χ3n) is 4.16. The number of carbonyl (C=O) groups is 1. The zero-order valence-electron chi connectivity index (χ0n) is 15.3. The Morgan fingerprint density at radius 3 is 2.50 bits per heavy atom. The molecule has 1 amide bonds. The van der Waals surface area contributed by atoms with Crippen molar-refractivity contribution in [2.24, 2.45) is 0 Å². The lowest BCUT2D eigenvalue weighted by molar-refractivity contribution is -0.137. The van der Waals surface area contributed by atoms with Gasteiger partial charge in [-0.05, 0) is 49.8 Å². The molecular weight excluding hydrogens is 367 g/mol. The number of furan rings is 1. The van der Waals surface area contributed by atoms with Gasteiger partial charge >= 0.3 is 6.18 Å². The van der Waals surface area contributed by atoms with Crippen molar-refractivity contribution < 1.29 is 22.4 Å². The van der Waals surface area contributed by atoms with Gasteiger partial charge in [-0.3, -0.25) is 4.79 Å². The number of nitrogens with one attached hydrogen (secondary N) is 1. The number of amides is 1. The van der Waals surface area contributed by atoms with E-state index in [1.807, 2.05) is 32.0 Å². The lowest BCUT2D eigenvalue weighted by Gasteiger charge is -2.10. The van der Waals surface area contributed by atoms with Gasteiger partial charge in [-0.2, -0.15) is 13.2 Å². The number of halogens is 3. The fourth-order valence-electron chi connectivity index (χ4n) is 2.82. The van der Waals surface area contributed by atoms with E-state index in [0.29, 0.717) is 5.69 Å². The first kappa shape index (κ1) is 19.5. The quantitative estimate of drug-likeness (QED) is 0.541. The van der Waals surface area contributed by atoms with Crippen molar-refractivity contribution in [2.45, 2.75) is 20.0 Å². The summed E-state index contributed by atoms with van der Waals surface area (Å²) < 4.78 is 44.9. The molecule has 3 rings (SSSR count). The van der Waals surface area contributed by atoms with Gasteiger partial charge in [0.05, 0.1) is 5.56 Å². The van der Waals surface area contributed by atoms with E-state index >= 15 is 0 Å². The molecule has 0 unspecified atom stereocenters. The Morgan fingerprint density at radius 1 is 1.04 bits per heavy atom. The van der Waals surface area contributed by atoms with E-state index in [1.54, 1.807) is 0 Å². The molecule has 0 saturated carbocycles. The van der Waals surface area contributed by atoms with Crippen LogP contribution in [0.25, 0.3) is 17.4 Å². The Kier molecular flexibility index (Phi) is 5.40. The second kappa shape index (κ2) is 7.76. The van der Waals surface area contributed by atoms with Gasteiger partial charge in [0.15, 0.2) is 0 Å². The summed E-state index contributed by atoms with van der Waals surface area (Å²) in [5.41, 5.74) is 1.90. The number of rotatable bonds is 4. The fraction of sp³-hybridized carbons (Fsp3) is 0.136. The largest absolute Gasteiger partial charge is 0.457 e. The van der Waals surface area contributed by atoms with Crippen LogP contribution in [0.1, 0.15) is 22.5 Å². The van der Waals surface area contributed by atoms with Crippen LogP contribution in [0, 0.1) is 13.8 Å². The lowest BCUT2D eigenvalue weighted by atomic mass is 10.1. The standard InChI is InChI=1S/C22H18F3NO2/c1-14-7-10-19(15(2)13-14)26-21(27)12-9-16-8-11-20(28-16)17-5-3-4-6-18(17)22(23,24)25/h3-13H,1-2H3,(H,26,27)/b12-9+. The van der Waals surface area contributed by atoms with Gasteiger partial charge in [-0.25, -0.2) is 0 Å². The molecule has 144 valence electrons. The first-order valence-electron chi connectivity index (χ1n) is 8.57. The van der Waals surface area contributed by atoms with E-state index in [0.717, 1.165) is 17.2 Å². The Hall–Kier alpha value is -3.28. The van der Waals surface area contributed by atoms with Crippen molar-refractivity contribution in [1.29, 1.82) is 0 Å². The van der Waals surface area contributed by atoms with Gasteiger partial charge in [0, 0.05) is 17.3 Å². The maximum atomic E-state index is 13.2. The van der Waals surface area contributed by atoms with Crippen LogP contribution in [0.5, 0.6) is 0 Å². The first-order valence-corrected chi connectivity index (χ1v) is 8.57. The van der Waals surface area contributed by atoms with E-state index < -0.39 is 11.7 Å². The smallest absolute Gasteiger partial charge is 0.417 e. The van der Waals surface area contributed by atoms with Crippen LogP contribution in [0.3, 0.4) is 0 Å². The van der Waals surface area contributed by atoms with Gasteiger partial charge in [0.25, 0.3) is 0 Å². The minimum atomic E-state index is -4.48. The third kappa shape index (κ3) is 4.52. The predicted octanol–water partition coefficient (Wildman–Crippen LogP) is 6.23. The van der Waals surface area contributed by atoms with E-state index in [9.17, 15) is 18.0 Å². The second-order valence-electron chi connectivity index (χ2n) is 6.39. The summed E-state index contributed by atoms with van der Waals surface area (Å²) in [6, 6.07) is 13.8. The van der Waals surface area contributed by atoms with E-state index in [2.05, 4.69) is 5.32 Å². The van der Waals surface area contributed by atoms with Gasteiger partial charge in [-0.1, -0.05) is 35.9 Å². The molecule has 2 aromatic carbocycles. The maximum absolute atomic E-state index is 13.2. The van der Waals surface area contributed by atoms with Crippen molar-refractivity contribution in [2.75, 3.05) is 5.32 Å². The Morgan fingerprint density at radius 2 is 1.79 bits per heavy atom. The highest BCUT2D eigenvalue weighted by atomic mass is 19.4. The molecule has 1 aromatic heterocycles. The summed E-state index contributed by atoms with van der Waals surface area (Å²) in [4.78, 5) is 12.1. The van der Waals surface area contributed by atoms with Crippen molar-refractivity contribution in [3.8, 4) is 11.3 Å². The molecule has 0 saturated heterocycles. The van der Waals surface area contributed by atoms with Crippen molar-refractivity contribution in [3.05, 3.63) is 83.1 Å². The number of benzene rings is 2. The summed E-state index contributed by atoms with van der Waals surface area (Å²) >= 11 is 0. The van der Waals surface area contributed by atoms with Crippen molar-refractivity contribution >= 4 is 17.7 Å². The molecule has 6 heteroatoms. The highest BCUT2D eigenvalue weighted by Gasteiger charge is 2.34. The molecule has 0 radical (unpaired) electrons. The SMILES string of the molecule is Cc1ccc(NC(=O)/C=C/c2ccc(-c3ccccc3C(F)(F)F)o2)c(C)c1. The molecule has 3 nitrogen and oxygen atoms in total. The summed E-state index contributed by atoms with van der Waals surface area (Å²) in [6.45, 7) is 3.85. The monoisotopic (exact) mass is 385 g/mol. The Bertz CT molecular complexity index is 1030. The van der Waals surface area contributed by atoms with Gasteiger partial charge in [0.2, 0.25) is 5.91 Å². The Labute approximate surface area is 160 Å². The lowest BCUT2D eigenvalue weighted by Crippen LogP contribution is -2.08. The van der Waals surface area contributed by atoms with Crippen LogP contribution in [-0.4, -0.2) is 5.91 Å². The maximum Gasteiger partial charge on any atom is 0.417 e. The van der Waals surface area contributed by atoms with Crippen LogP contribution >= 0.6 is 0 Å².